The molecule has 1 aliphatic carbocycles. The van der Waals surface area contributed by atoms with E-state index < -0.39 is 0 Å². The van der Waals surface area contributed by atoms with Crippen LogP contribution in [0.2, 0.25) is 0 Å². The zero-order valence-electron chi connectivity index (χ0n) is 17.8. The van der Waals surface area contributed by atoms with Crippen molar-refractivity contribution < 1.29 is 4.79 Å². The third-order valence-electron chi connectivity index (χ3n) is 7.60. The van der Waals surface area contributed by atoms with Crippen molar-refractivity contribution in [3.05, 3.63) is 65.5 Å². The summed E-state index contributed by atoms with van der Waals surface area (Å²) in [6, 6.07) is 13.5. The molecule has 0 radical (unpaired) electrons. The summed E-state index contributed by atoms with van der Waals surface area (Å²) in [5, 5.41) is 0. The number of likely N-dealkylation sites (tertiary alicyclic amines) is 1. The van der Waals surface area contributed by atoms with Crippen molar-refractivity contribution in [2.24, 2.45) is 10.9 Å². The Morgan fingerprint density at radius 1 is 1.13 bits per heavy atom. The first-order valence-electron chi connectivity index (χ1n) is 11.5. The number of anilines is 1. The van der Waals surface area contributed by atoms with E-state index in [1.54, 1.807) is 0 Å². The topological polar surface area (TPSA) is 48.8 Å². The van der Waals surface area contributed by atoms with Crippen LogP contribution in [0.15, 0.2) is 59.4 Å². The minimum Gasteiger partial charge on any atom is -0.364 e. The molecule has 1 aromatic carbocycles. The SMILES string of the molecule is O=CN1C[C@@H]2C[C@]1(C1CC1)CN2c1ccc(C=C2CCCN=C2c2cccnc2)cc1. The fourth-order valence-corrected chi connectivity index (χ4v) is 5.95. The van der Waals surface area contributed by atoms with Gasteiger partial charge in [0.15, 0.2) is 0 Å². The molecule has 31 heavy (non-hydrogen) atoms. The van der Waals surface area contributed by atoms with Gasteiger partial charge < -0.3 is 9.80 Å². The van der Waals surface area contributed by atoms with Gasteiger partial charge in [-0.15, -0.1) is 0 Å². The van der Waals surface area contributed by atoms with Crippen molar-refractivity contribution in [3.8, 4) is 0 Å². The molecule has 158 valence electrons. The van der Waals surface area contributed by atoms with Gasteiger partial charge in [-0.25, -0.2) is 0 Å². The Morgan fingerprint density at radius 3 is 2.74 bits per heavy atom. The lowest BCUT2D eigenvalue weighted by Crippen LogP contribution is -2.54. The number of aliphatic imine (C=N–C) groups is 1. The van der Waals surface area contributed by atoms with Crippen molar-refractivity contribution in [3.63, 3.8) is 0 Å². The molecule has 0 N–H and O–H groups in total. The molecule has 1 saturated carbocycles. The monoisotopic (exact) mass is 412 g/mol. The normalized spacial score (nSPS) is 28.8. The number of amides is 1. The molecule has 1 aromatic heterocycles. The average molecular weight is 413 g/mol. The molecule has 2 bridgehead atoms. The van der Waals surface area contributed by atoms with Crippen LogP contribution in [0.4, 0.5) is 5.69 Å². The lowest BCUT2D eigenvalue weighted by molar-refractivity contribution is -0.122. The molecular formula is C26H28N4O. The largest absolute Gasteiger partial charge is 0.364 e. The fourth-order valence-electron chi connectivity index (χ4n) is 5.95. The number of hydrogen-bond donors (Lipinski definition) is 0. The van der Waals surface area contributed by atoms with Gasteiger partial charge in [0.1, 0.15) is 0 Å². The second kappa shape index (κ2) is 7.33. The molecule has 5 heteroatoms. The van der Waals surface area contributed by atoms with E-state index in [0.717, 1.165) is 56.6 Å². The first kappa shape index (κ1) is 18.8. The van der Waals surface area contributed by atoms with Gasteiger partial charge in [-0.05, 0) is 79.5 Å². The molecule has 2 saturated heterocycles. The van der Waals surface area contributed by atoms with Crippen molar-refractivity contribution in [2.75, 3.05) is 24.5 Å². The number of carbonyl (C=O) groups excluding carboxylic acids is 1. The van der Waals surface area contributed by atoms with Gasteiger partial charge in [0.2, 0.25) is 6.41 Å². The smallest absolute Gasteiger partial charge is 0.210 e. The van der Waals surface area contributed by atoms with Gasteiger partial charge in [-0.1, -0.05) is 12.1 Å². The average Bonchev–Trinajstić information content (AvgIpc) is 3.54. The maximum absolute atomic E-state index is 11.6. The standard InChI is InChI=1S/C26H28N4O/c31-18-29-16-24-14-26(29,22-7-8-22)17-30(24)23-9-5-19(6-10-23)13-20-3-2-12-28-25(20)21-4-1-11-27-15-21/h1,4-6,9-11,13,15,18,22,24H,2-3,7-8,12,14,16-17H2/t24-,26+/m0/s1. The van der Waals surface area contributed by atoms with E-state index in [1.807, 2.05) is 18.5 Å². The van der Waals surface area contributed by atoms with Crippen LogP contribution in [-0.2, 0) is 4.79 Å². The first-order valence-corrected chi connectivity index (χ1v) is 11.5. The Bertz CT molecular complexity index is 1040. The highest BCUT2D eigenvalue weighted by Crippen LogP contribution is 2.53. The maximum atomic E-state index is 11.6. The van der Waals surface area contributed by atoms with Crippen LogP contribution in [0.3, 0.4) is 0 Å². The van der Waals surface area contributed by atoms with Crippen LogP contribution in [0.1, 0.15) is 43.2 Å². The molecular weight excluding hydrogens is 384 g/mol. The van der Waals surface area contributed by atoms with E-state index >= 15 is 0 Å². The number of benzene rings is 1. The quantitative estimate of drug-likeness (QED) is 0.699. The van der Waals surface area contributed by atoms with Crippen molar-refractivity contribution in [2.45, 2.75) is 43.7 Å². The van der Waals surface area contributed by atoms with E-state index in [0.29, 0.717) is 12.0 Å². The molecule has 2 atom stereocenters. The van der Waals surface area contributed by atoms with Gasteiger partial charge in [0.05, 0.1) is 11.3 Å². The third-order valence-corrected chi connectivity index (χ3v) is 7.60. The number of nitrogens with zero attached hydrogens (tertiary/aromatic N) is 4. The van der Waals surface area contributed by atoms with E-state index in [-0.39, 0.29) is 5.54 Å². The Balaban J connectivity index is 1.23. The highest BCUT2D eigenvalue weighted by Gasteiger charge is 2.60. The van der Waals surface area contributed by atoms with Crippen LogP contribution in [-0.4, -0.2) is 53.2 Å². The Morgan fingerprint density at radius 2 is 2.00 bits per heavy atom. The Hall–Kier alpha value is -2.95. The molecule has 3 fully saturated rings. The number of carbonyl (C=O) groups is 1. The molecule has 4 heterocycles. The molecule has 5 nitrogen and oxygen atoms in total. The highest BCUT2D eigenvalue weighted by molar-refractivity contribution is 6.15. The van der Waals surface area contributed by atoms with Crippen LogP contribution < -0.4 is 4.90 Å². The number of pyridine rings is 1. The zero-order chi connectivity index (χ0) is 20.8. The van der Waals surface area contributed by atoms with E-state index in [9.17, 15) is 4.79 Å². The van der Waals surface area contributed by atoms with E-state index in [2.05, 4.69) is 51.2 Å². The lowest BCUT2D eigenvalue weighted by atomic mass is 9.92. The summed E-state index contributed by atoms with van der Waals surface area (Å²) in [4.78, 5) is 25.3. The zero-order valence-corrected chi connectivity index (χ0v) is 17.8. The number of allylic oxidation sites excluding steroid dienone is 1. The predicted octanol–water partition coefficient (Wildman–Crippen LogP) is 3.95. The van der Waals surface area contributed by atoms with Crippen molar-refractivity contribution in [1.29, 1.82) is 0 Å². The van der Waals surface area contributed by atoms with Gasteiger partial charge in [-0.3, -0.25) is 14.8 Å². The highest BCUT2D eigenvalue weighted by atomic mass is 16.1. The van der Waals surface area contributed by atoms with Gasteiger partial charge in [0, 0.05) is 49.3 Å². The molecule has 1 amide bonds. The summed E-state index contributed by atoms with van der Waals surface area (Å²) in [6.07, 6.45) is 12.9. The molecule has 4 aliphatic rings. The third kappa shape index (κ3) is 3.18. The Kier molecular flexibility index (Phi) is 4.44. The van der Waals surface area contributed by atoms with Crippen LogP contribution in [0.25, 0.3) is 6.08 Å². The minimum atomic E-state index is 0.0875. The van der Waals surface area contributed by atoms with E-state index in [1.165, 1.54) is 29.7 Å². The second-order valence-corrected chi connectivity index (χ2v) is 9.46. The number of fused-ring (bicyclic) bond motifs is 2. The van der Waals surface area contributed by atoms with E-state index in [4.69, 9.17) is 4.99 Å². The van der Waals surface area contributed by atoms with Gasteiger partial charge in [0.25, 0.3) is 0 Å². The van der Waals surface area contributed by atoms with Crippen LogP contribution >= 0.6 is 0 Å². The van der Waals surface area contributed by atoms with Gasteiger partial charge in [-0.2, -0.15) is 0 Å². The Labute approximate surface area is 183 Å². The van der Waals surface area contributed by atoms with Crippen molar-refractivity contribution in [1.82, 2.24) is 9.88 Å². The van der Waals surface area contributed by atoms with Crippen LogP contribution in [0.5, 0.6) is 0 Å². The molecule has 6 rings (SSSR count). The summed E-state index contributed by atoms with van der Waals surface area (Å²) in [5.41, 5.74) is 6.06. The number of aromatic nitrogens is 1. The van der Waals surface area contributed by atoms with Crippen LogP contribution in [0, 0.1) is 5.92 Å². The molecule has 0 spiro atoms. The summed E-state index contributed by atoms with van der Waals surface area (Å²) in [5.74, 6) is 0.702. The fraction of sp³-hybridized carbons (Fsp3) is 0.423. The molecule has 3 aliphatic heterocycles. The summed E-state index contributed by atoms with van der Waals surface area (Å²) in [6.45, 7) is 2.74. The number of hydrogen-bond acceptors (Lipinski definition) is 4. The maximum Gasteiger partial charge on any atom is 0.210 e. The van der Waals surface area contributed by atoms with Gasteiger partial charge >= 0.3 is 0 Å². The molecule has 2 aromatic rings. The number of rotatable bonds is 5. The summed E-state index contributed by atoms with van der Waals surface area (Å²) < 4.78 is 0. The first-order chi connectivity index (χ1) is 15.3. The summed E-state index contributed by atoms with van der Waals surface area (Å²) >= 11 is 0. The minimum absolute atomic E-state index is 0.0875. The van der Waals surface area contributed by atoms with Crippen molar-refractivity contribution >= 4 is 23.9 Å². The summed E-state index contributed by atoms with van der Waals surface area (Å²) in [7, 11) is 0. The lowest BCUT2D eigenvalue weighted by Gasteiger charge is -2.41. The molecule has 0 unspecified atom stereocenters. The number of piperazine rings is 1. The second-order valence-electron chi connectivity index (χ2n) is 9.46. The predicted molar refractivity (Wildman–Crippen MR) is 123 cm³/mol.